The van der Waals surface area contributed by atoms with E-state index < -0.39 is 0 Å². The summed E-state index contributed by atoms with van der Waals surface area (Å²) < 4.78 is 0. The van der Waals surface area contributed by atoms with Gasteiger partial charge in [0.1, 0.15) is 0 Å². The topological polar surface area (TPSA) is 43.1 Å². The van der Waals surface area contributed by atoms with Gasteiger partial charge in [0.2, 0.25) is 0 Å². The second-order valence-corrected chi connectivity index (χ2v) is 5.97. The molecule has 0 aliphatic carbocycles. The van der Waals surface area contributed by atoms with Crippen molar-refractivity contribution in [3.8, 4) is 11.1 Å². The van der Waals surface area contributed by atoms with Crippen LogP contribution in [0.25, 0.3) is 32.7 Å². The molecule has 4 aromatic carbocycles. The summed E-state index contributed by atoms with van der Waals surface area (Å²) in [6.07, 6.45) is 0. The van der Waals surface area contributed by atoms with Gasteiger partial charge in [-0.1, -0.05) is 60.2 Å². The van der Waals surface area contributed by atoms with Crippen LogP contribution in [0.2, 0.25) is 0 Å². The first-order valence-electron chi connectivity index (χ1n) is 7.81. The second kappa shape index (κ2) is 5.46. The van der Waals surface area contributed by atoms with E-state index in [4.69, 9.17) is 0 Å². The first-order chi connectivity index (χ1) is 11.6. The minimum Gasteiger partial charge on any atom is -0.258 e. The molecule has 0 aliphatic heterocycles. The normalized spacial score (nSPS) is 11.0. The lowest BCUT2D eigenvalue weighted by Gasteiger charge is -2.12. The summed E-state index contributed by atoms with van der Waals surface area (Å²) in [6, 6.07) is 23.6. The van der Waals surface area contributed by atoms with Crippen molar-refractivity contribution in [2.24, 2.45) is 0 Å². The molecule has 0 atom stereocenters. The highest BCUT2D eigenvalue weighted by atomic mass is 16.6. The van der Waals surface area contributed by atoms with Gasteiger partial charge in [0.15, 0.2) is 0 Å². The maximum atomic E-state index is 11.5. The van der Waals surface area contributed by atoms with Crippen molar-refractivity contribution < 1.29 is 4.92 Å². The molecule has 0 aliphatic rings. The van der Waals surface area contributed by atoms with E-state index in [2.05, 4.69) is 18.2 Å². The van der Waals surface area contributed by atoms with Gasteiger partial charge < -0.3 is 0 Å². The number of nitrogens with zero attached hydrogens (tertiary/aromatic N) is 1. The Morgan fingerprint density at radius 1 is 0.750 bits per heavy atom. The lowest BCUT2D eigenvalue weighted by Crippen LogP contribution is -1.94. The fraction of sp³-hybridized carbons (Fsp3) is 0.0476. The van der Waals surface area contributed by atoms with Gasteiger partial charge in [0.25, 0.3) is 5.69 Å². The molecule has 0 radical (unpaired) electrons. The Bertz CT molecular complexity index is 1100. The predicted octanol–water partition coefficient (Wildman–Crippen LogP) is 5.88. The number of nitro benzene ring substituents is 1. The first-order valence-corrected chi connectivity index (χ1v) is 7.81. The van der Waals surface area contributed by atoms with E-state index in [-0.39, 0.29) is 10.6 Å². The van der Waals surface area contributed by atoms with Crippen LogP contribution >= 0.6 is 0 Å². The largest absolute Gasteiger partial charge is 0.277 e. The average Bonchev–Trinajstić information content (AvgIpc) is 2.60. The fourth-order valence-electron chi connectivity index (χ4n) is 3.30. The lowest BCUT2D eigenvalue weighted by atomic mass is 9.92. The van der Waals surface area contributed by atoms with Crippen LogP contribution in [0.1, 0.15) is 5.56 Å². The van der Waals surface area contributed by atoms with E-state index in [1.807, 2.05) is 49.4 Å². The van der Waals surface area contributed by atoms with E-state index in [0.29, 0.717) is 5.56 Å². The Hall–Kier alpha value is -3.20. The van der Waals surface area contributed by atoms with Crippen LogP contribution in [0.15, 0.2) is 72.8 Å². The third-order valence-electron chi connectivity index (χ3n) is 4.41. The van der Waals surface area contributed by atoms with Crippen molar-refractivity contribution in [1.82, 2.24) is 0 Å². The minimum absolute atomic E-state index is 0.140. The number of rotatable bonds is 2. The molecule has 0 heterocycles. The molecule has 3 nitrogen and oxygen atoms in total. The molecule has 24 heavy (non-hydrogen) atoms. The molecular weight excluding hydrogens is 298 g/mol. The maximum Gasteiger partial charge on any atom is 0.277 e. The van der Waals surface area contributed by atoms with Gasteiger partial charge in [-0.25, -0.2) is 0 Å². The van der Waals surface area contributed by atoms with Gasteiger partial charge in [-0.3, -0.25) is 10.1 Å². The summed E-state index contributed by atoms with van der Waals surface area (Å²) in [5.74, 6) is 0. The molecule has 0 saturated heterocycles. The third-order valence-corrected chi connectivity index (χ3v) is 4.41. The van der Waals surface area contributed by atoms with Gasteiger partial charge in [0, 0.05) is 6.07 Å². The van der Waals surface area contributed by atoms with E-state index in [0.717, 1.165) is 32.7 Å². The van der Waals surface area contributed by atoms with Gasteiger partial charge in [-0.15, -0.1) is 0 Å². The SMILES string of the molecule is Cc1ccc([N+](=O)[O-])c(-c2cc3ccccc3c3ccccc23)c1. The minimum atomic E-state index is -0.307. The molecule has 0 amide bonds. The number of fused-ring (bicyclic) bond motifs is 3. The molecule has 0 N–H and O–H groups in total. The fourth-order valence-corrected chi connectivity index (χ4v) is 3.30. The highest BCUT2D eigenvalue weighted by Crippen LogP contribution is 2.39. The maximum absolute atomic E-state index is 11.5. The summed E-state index contributed by atoms with van der Waals surface area (Å²) in [4.78, 5) is 11.2. The van der Waals surface area contributed by atoms with Crippen molar-refractivity contribution in [3.05, 3.63) is 88.5 Å². The lowest BCUT2D eigenvalue weighted by molar-refractivity contribution is -0.384. The molecule has 0 saturated carbocycles. The second-order valence-electron chi connectivity index (χ2n) is 5.97. The van der Waals surface area contributed by atoms with Crippen molar-refractivity contribution in [2.45, 2.75) is 6.92 Å². The number of hydrogen-bond donors (Lipinski definition) is 0. The van der Waals surface area contributed by atoms with Gasteiger partial charge >= 0.3 is 0 Å². The molecule has 0 unspecified atom stereocenters. The zero-order chi connectivity index (χ0) is 16.7. The standard InChI is InChI=1S/C21H15NO2/c1-14-10-11-21(22(23)24)20(12-14)19-13-15-6-2-3-7-16(15)17-8-4-5-9-18(17)19/h2-13H,1H3. The summed E-state index contributed by atoms with van der Waals surface area (Å²) in [7, 11) is 0. The Labute approximate surface area is 139 Å². The Morgan fingerprint density at radius 2 is 1.42 bits per heavy atom. The van der Waals surface area contributed by atoms with Crippen LogP contribution in [0.4, 0.5) is 5.69 Å². The number of benzene rings is 4. The summed E-state index contributed by atoms with van der Waals surface area (Å²) in [5, 5.41) is 15.9. The molecule has 3 heteroatoms. The molecule has 4 rings (SSSR count). The highest BCUT2D eigenvalue weighted by Gasteiger charge is 2.18. The molecule has 0 fully saturated rings. The third kappa shape index (κ3) is 2.22. The smallest absolute Gasteiger partial charge is 0.258 e. The molecule has 4 aromatic rings. The van der Waals surface area contributed by atoms with Crippen molar-refractivity contribution in [2.75, 3.05) is 0 Å². The number of hydrogen-bond acceptors (Lipinski definition) is 2. The molecule has 0 bridgehead atoms. The van der Waals surface area contributed by atoms with E-state index in [1.165, 1.54) is 0 Å². The van der Waals surface area contributed by atoms with Crippen molar-refractivity contribution in [1.29, 1.82) is 0 Å². The molecular formula is C21H15NO2. The number of nitro groups is 1. The molecule has 116 valence electrons. The average molecular weight is 313 g/mol. The number of aryl methyl sites for hydroxylation is 1. The summed E-state index contributed by atoms with van der Waals surface area (Å²) >= 11 is 0. The Kier molecular flexibility index (Phi) is 3.28. The zero-order valence-electron chi connectivity index (χ0n) is 13.2. The van der Waals surface area contributed by atoms with Crippen molar-refractivity contribution in [3.63, 3.8) is 0 Å². The van der Waals surface area contributed by atoms with Crippen molar-refractivity contribution >= 4 is 27.2 Å². The van der Waals surface area contributed by atoms with Gasteiger partial charge in [-0.05, 0) is 46.2 Å². The summed E-state index contributed by atoms with van der Waals surface area (Å²) in [5.41, 5.74) is 2.72. The quantitative estimate of drug-likeness (QED) is 0.263. The van der Waals surface area contributed by atoms with Crippen LogP contribution in [0.5, 0.6) is 0 Å². The monoisotopic (exact) mass is 313 g/mol. The van der Waals surface area contributed by atoms with E-state index >= 15 is 0 Å². The van der Waals surface area contributed by atoms with Gasteiger partial charge in [0.05, 0.1) is 10.5 Å². The van der Waals surface area contributed by atoms with Crippen LogP contribution < -0.4 is 0 Å². The highest BCUT2D eigenvalue weighted by molar-refractivity contribution is 6.14. The van der Waals surface area contributed by atoms with E-state index in [9.17, 15) is 10.1 Å². The first kappa shape index (κ1) is 14.4. The van der Waals surface area contributed by atoms with Crippen LogP contribution in [-0.4, -0.2) is 4.92 Å². The van der Waals surface area contributed by atoms with E-state index in [1.54, 1.807) is 12.1 Å². The summed E-state index contributed by atoms with van der Waals surface area (Å²) in [6.45, 7) is 1.95. The van der Waals surface area contributed by atoms with Crippen LogP contribution in [0.3, 0.4) is 0 Å². The Balaban J connectivity index is 2.18. The van der Waals surface area contributed by atoms with Crippen LogP contribution in [-0.2, 0) is 0 Å². The van der Waals surface area contributed by atoms with Gasteiger partial charge in [-0.2, -0.15) is 0 Å². The zero-order valence-corrected chi connectivity index (χ0v) is 13.2. The van der Waals surface area contributed by atoms with Crippen LogP contribution in [0, 0.1) is 17.0 Å². The Morgan fingerprint density at radius 3 is 2.17 bits per heavy atom. The molecule has 0 aromatic heterocycles. The molecule has 0 spiro atoms. The predicted molar refractivity (Wildman–Crippen MR) is 98.3 cm³/mol.